The second-order valence-corrected chi connectivity index (χ2v) is 5.57. The van der Waals surface area contributed by atoms with Gasteiger partial charge in [-0.2, -0.15) is 0 Å². The van der Waals surface area contributed by atoms with Gasteiger partial charge in [-0.05, 0) is 48.7 Å². The molecule has 5 nitrogen and oxygen atoms in total. The fourth-order valence-corrected chi connectivity index (χ4v) is 2.16. The van der Waals surface area contributed by atoms with Crippen molar-refractivity contribution in [3.8, 4) is 11.6 Å². The molecule has 0 atom stereocenters. The molecule has 128 valence electrons. The minimum absolute atomic E-state index is 0. The van der Waals surface area contributed by atoms with E-state index in [9.17, 15) is 4.39 Å². The van der Waals surface area contributed by atoms with Crippen LogP contribution in [0.15, 0.2) is 47.6 Å². The van der Waals surface area contributed by atoms with Crippen molar-refractivity contribution in [3.05, 3.63) is 54.0 Å². The molecule has 1 fully saturated rings. The average Bonchev–Trinajstić information content (AvgIpc) is 3.39. The first-order valence-electron chi connectivity index (χ1n) is 7.53. The van der Waals surface area contributed by atoms with Crippen LogP contribution in [0.1, 0.15) is 18.4 Å². The maximum absolute atomic E-state index is 12.9. The van der Waals surface area contributed by atoms with Gasteiger partial charge in [0.25, 0.3) is 0 Å². The van der Waals surface area contributed by atoms with Crippen molar-refractivity contribution in [3.63, 3.8) is 0 Å². The fraction of sp³-hybridized carbons (Fsp3) is 0.294. The Morgan fingerprint density at radius 2 is 2.04 bits per heavy atom. The second-order valence-electron chi connectivity index (χ2n) is 5.57. The highest BCUT2D eigenvalue weighted by Gasteiger charge is 2.27. The van der Waals surface area contributed by atoms with E-state index in [2.05, 4.69) is 9.98 Å². The highest BCUT2D eigenvalue weighted by Crippen LogP contribution is 2.25. The zero-order valence-corrected chi connectivity index (χ0v) is 15.7. The maximum Gasteiger partial charge on any atom is 0.219 e. The Hall–Kier alpha value is -1.90. The van der Waals surface area contributed by atoms with Gasteiger partial charge in [0.1, 0.15) is 11.6 Å². The van der Waals surface area contributed by atoms with E-state index in [1.54, 1.807) is 24.4 Å². The van der Waals surface area contributed by atoms with Gasteiger partial charge in [-0.25, -0.2) is 14.4 Å². The molecule has 2 N–H and O–H groups in total. The van der Waals surface area contributed by atoms with Gasteiger partial charge in [0.2, 0.25) is 5.88 Å². The first kappa shape index (κ1) is 18.4. The predicted molar refractivity (Wildman–Crippen MR) is 102 cm³/mol. The smallest absolute Gasteiger partial charge is 0.219 e. The number of rotatable bonds is 5. The lowest BCUT2D eigenvalue weighted by Crippen LogP contribution is -2.35. The van der Waals surface area contributed by atoms with Crippen LogP contribution in [0.2, 0.25) is 0 Å². The summed E-state index contributed by atoms with van der Waals surface area (Å²) in [5, 5.41) is 0. The lowest BCUT2D eigenvalue weighted by atomic mass is 10.2. The monoisotopic (exact) mass is 442 g/mol. The summed E-state index contributed by atoms with van der Waals surface area (Å²) < 4.78 is 18.5. The Labute approximate surface area is 157 Å². The van der Waals surface area contributed by atoms with Gasteiger partial charge in [-0.15, -0.1) is 24.0 Å². The van der Waals surface area contributed by atoms with E-state index in [4.69, 9.17) is 10.5 Å². The standard InChI is InChI=1S/C17H19FN4O.HI/c1-22(14-4-5-14)17(19)21-11-12-8-9-20-16(10-12)23-15-6-2-13(18)3-7-15;/h2-3,6-10,14H,4-5,11H2,1H3,(H2,19,21);1H. The Morgan fingerprint density at radius 3 is 2.71 bits per heavy atom. The van der Waals surface area contributed by atoms with Gasteiger partial charge >= 0.3 is 0 Å². The summed E-state index contributed by atoms with van der Waals surface area (Å²) >= 11 is 0. The molecule has 1 aliphatic carbocycles. The number of halogens is 2. The molecule has 3 rings (SSSR count). The van der Waals surface area contributed by atoms with E-state index in [1.165, 1.54) is 25.0 Å². The van der Waals surface area contributed by atoms with E-state index < -0.39 is 0 Å². The molecule has 1 aromatic heterocycles. The normalized spacial score (nSPS) is 14.0. The molecular formula is C17H20FIN4O. The zero-order chi connectivity index (χ0) is 16.2. The Bertz CT molecular complexity index is 704. The molecule has 0 aliphatic heterocycles. The number of benzene rings is 1. The number of ether oxygens (including phenoxy) is 1. The predicted octanol–water partition coefficient (Wildman–Crippen LogP) is 3.54. The van der Waals surface area contributed by atoms with E-state index in [0.29, 0.717) is 30.2 Å². The lowest BCUT2D eigenvalue weighted by molar-refractivity contribution is 0.460. The molecule has 0 saturated heterocycles. The highest BCUT2D eigenvalue weighted by atomic mass is 127. The number of hydrogen-bond donors (Lipinski definition) is 1. The summed E-state index contributed by atoms with van der Waals surface area (Å²) in [7, 11) is 1.96. The van der Waals surface area contributed by atoms with Gasteiger partial charge < -0.3 is 15.4 Å². The molecule has 2 aromatic rings. The van der Waals surface area contributed by atoms with Crippen LogP contribution in [0.3, 0.4) is 0 Å². The third kappa shape index (κ3) is 5.05. The summed E-state index contributed by atoms with van der Waals surface area (Å²) in [6.45, 7) is 0.463. The van der Waals surface area contributed by atoms with Crippen LogP contribution in [0.4, 0.5) is 4.39 Å². The topological polar surface area (TPSA) is 63.7 Å². The minimum atomic E-state index is -0.302. The molecule has 7 heteroatoms. The molecule has 1 heterocycles. The van der Waals surface area contributed by atoms with Crippen LogP contribution < -0.4 is 10.5 Å². The number of guanidine groups is 1. The summed E-state index contributed by atoms with van der Waals surface area (Å²) in [5.74, 6) is 1.22. The van der Waals surface area contributed by atoms with Gasteiger partial charge in [-0.3, -0.25) is 0 Å². The lowest BCUT2D eigenvalue weighted by Gasteiger charge is -2.16. The second kappa shape index (κ2) is 8.27. The summed E-state index contributed by atoms with van der Waals surface area (Å²) in [5.41, 5.74) is 6.92. The molecule has 0 amide bonds. The molecule has 0 spiro atoms. The Balaban J connectivity index is 0.00000208. The number of pyridine rings is 1. The number of nitrogens with zero attached hydrogens (tertiary/aromatic N) is 3. The van der Waals surface area contributed by atoms with Gasteiger partial charge in [0, 0.05) is 25.4 Å². The van der Waals surface area contributed by atoms with Gasteiger partial charge in [0.15, 0.2) is 5.96 Å². The van der Waals surface area contributed by atoms with Crippen molar-refractivity contribution >= 4 is 29.9 Å². The first-order valence-corrected chi connectivity index (χ1v) is 7.53. The summed E-state index contributed by atoms with van der Waals surface area (Å²) in [4.78, 5) is 10.6. The quantitative estimate of drug-likeness (QED) is 0.437. The van der Waals surface area contributed by atoms with E-state index in [0.717, 1.165) is 5.56 Å². The van der Waals surface area contributed by atoms with Crippen molar-refractivity contribution in [1.29, 1.82) is 0 Å². The fourth-order valence-electron chi connectivity index (χ4n) is 2.16. The molecule has 1 aromatic carbocycles. The molecule has 24 heavy (non-hydrogen) atoms. The van der Waals surface area contributed by atoms with Crippen LogP contribution in [0.5, 0.6) is 11.6 Å². The van der Waals surface area contributed by atoms with Crippen molar-refractivity contribution in [2.24, 2.45) is 10.7 Å². The third-order valence-corrected chi connectivity index (χ3v) is 3.71. The van der Waals surface area contributed by atoms with Gasteiger partial charge in [-0.1, -0.05) is 0 Å². The van der Waals surface area contributed by atoms with E-state index in [-0.39, 0.29) is 29.8 Å². The SMILES string of the molecule is CN(C(N)=NCc1ccnc(Oc2ccc(F)cc2)c1)C1CC1.I. The van der Waals surface area contributed by atoms with Crippen molar-refractivity contribution in [2.45, 2.75) is 25.4 Å². The molecule has 1 aliphatic rings. The molecule has 0 unspecified atom stereocenters. The molecular weight excluding hydrogens is 422 g/mol. The van der Waals surface area contributed by atoms with Crippen LogP contribution in [0, 0.1) is 5.82 Å². The van der Waals surface area contributed by atoms with Crippen molar-refractivity contribution < 1.29 is 9.13 Å². The minimum Gasteiger partial charge on any atom is -0.439 e. The molecule has 1 saturated carbocycles. The molecule has 0 radical (unpaired) electrons. The van der Waals surface area contributed by atoms with Crippen LogP contribution in [-0.4, -0.2) is 28.9 Å². The van der Waals surface area contributed by atoms with Crippen LogP contribution >= 0.6 is 24.0 Å². The van der Waals surface area contributed by atoms with E-state index in [1.807, 2.05) is 18.0 Å². The van der Waals surface area contributed by atoms with Crippen LogP contribution in [-0.2, 0) is 6.54 Å². The largest absolute Gasteiger partial charge is 0.439 e. The summed E-state index contributed by atoms with van der Waals surface area (Å²) in [6.07, 6.45) is 4.01. The Morgan fingerprint density at radius 1 is 1.33 bits per heavy atom. The van der Waals surface area contributed by atoms with Crippen LogP contribution in [0.25, 0.3) is 0 Å². The third-order valence-electron chi connectivity index (χ3n) is 3.71. The molecule has 0 bridgehead atoms. The number of hydrogen-bond acceptors (Lipinski definition) is 3. The number of nitrogens with two attached hydrogens (primary N) is 1. The first-order chi connectivity index (χ1) is 11.1. The highest BCUT2D eigenvalue weighted by molar-refractivity contribution is 14.0. The maximum atomic E-state index is 12.9. The van der Waals surface area contributed by atoms with Crippen molar-refractivity contribution in [2.75, 3.05) is 7.05 Å². The zero-order valence-electron chi connectivity index (χ0n) is 13.4. The van der Waals surface area contributed by atoms with E-state index >= 15 is 0 Å². The average molecular weight is 442 g/mol. The number of aliphatic imine (C=N–C) groups is 1. The summed E-state index contributed by atoms with van der Waals surface area (Å²) in [6, 6.07) is 10.0. The number of aromatic nitrogens is 1. The van der Waals surface area contributed by atoms with Crippen molar-refractivity contribution in [1.82, 2.24) is 9.88 Å². The van der Waals surface area contributed by atoms with Gasteiger partial charge in [0.05, 0.1) is 6.54 Å². The Kier molecular flexibility index (Phi) is 6.36.